The van der Waals surface area contributed by atoms with Crippen molar-refractivity contribution in [3.63, 3.8) is 0 Å². The fourth-order valence-electron chi connectivity index (χ4n) is 17.5. The number of hydrogen-bond acceptors (Lipinski definition) is 5. The number of rotatable bonds is 8. The van der Waals surface area contributed by atoms with E-state index in [-0.39, 0.29) is 0 Å². The number of thiophene rings is 2. The van der Waals surface area contributed by atoms with E-state index in [1.165, 1.54) is 172 Å². The lowest BCUT2D eigenvalue weighted by Crippen LogP contribution is -2.04. The minimum Gasteiger partial charge on any atom is -0.455 e. The van der Waals surface area contributed by atoms with Crippen molar-refractivity contribution in [3.05, 3.63) is 409 Å². The van der Waals surface area contributed by atoms with Crippen LogP contribution in [-0.4, -0.2) is 0 Å². The zero-order valence-electron chi connectivity index (χ0n) is 66.9. The molecule has 5 heterocycles. The van der Waals surface area contributed by atoms with Gasteiger partial charge in [0.1, 0.15) is 33.5 Å². The van der Waals surface area contributed by atoms with Gasteiger partial charge in [0.15, 0.2) is 0 Å². The van der Waals surface area contributed by atoms with Crippen LogP contribution < -0.4 is 0 Å². The molecule has 0 radical (unpaired) electrons. The smallest absolute Gasteiger partial charge is 0.143 e. The maximum absolute atomic E-state index is 6.46. The van der Waals surface area contributed by atoms with Crippen LogP contribution in [0.2, 0.25) is 0 Å². The number of benzene rings is 17. The summed E-state index contributed by atoms with van der Waals surface area (Å²) in [5.41, 5.74) is 30.9. The lowest BCUT2D eigenvalue weighted by molar-refractivity contribution is 0.442. The average Bonchev–Trinajstić information content (AvgIpc) is 1.56. The van der Waals surface area contributed by atoms with Crippen LogP contribution in [0.15, 0.2) is 389 Å². The minimum atomic E-state index is 0.688. The van der Waals surface area contributed by atoms with Gasteiger partial charge in [-0.1, -0.05) is 400 Å². The van der Waals surface area contributed by atoms with Crippen LogP contribution >= 0.6 is 22.7 Å². The van der Waals surface area contributed by atoms with Gasteiger partial charge in [0, 0.05) is 94.9 Å². The van der Waals surface area contributed by atoms with E-state index in [2.05, 4.69) is 399 Å². The summed E-state index contributed by atoms with van der Waals surface area (Å²) >= 11 is 3.79. The number of furan rings is 3. The van der Waals surface area contributed by atoms with E-state index in [1.54, 1.807) is 0 Å². The van der Waals surface area contributed by atoms with Gasteiger partial charge in [-0.3, -0.25) is 0 Å². The summed E-state index contributed by atoms with van der Waals surface area (Å²) in [5, 5.41) is 12.7. The third-order valence-electron chi connectivity index (χ3n) is 23.5. The van der Waals surface area contributed by atoms with Crippen molar-refractivity contribution in [2.24, 2.45) is 0 Å². The van der Waals surface area contributed by atoms with Crippen molar-refractivity contribution in [3.8, 4) is 77.9 Å². The summed E-state index contributed by atoms with van der Waals surface area (Å²) in [4.78, 5) is 0. The van der Waals surface area contributed by atoms with Gasteiger partial charge in [-0.2, -0.15) is 0 Å². The van der Waals surface area contributed by atoms with Gasteiger partial charge in [0.2, 0.25) is 0 Å². The van der Waals surface area contributed by atoms with Gasteiger partial charge >= 0.3 is 0 Å². The first-order chi connectivity index (χ1) is 58.1. The predicted molar refractivity (Wildman–Crippen MR) is 507 cm³/mol. The summed E-state index contributed by atoms with van der Waals surface area (Å²) in [6.07, 6.45) is 6.75. The second-order valence-corrected chi connectivity index (χ2v) is 33.4. The molecule has 118 heavy (non-hydrogen) atoms. The van der Waals surface area contributed by atoms with Gasteiger partial charge in [-0.15, -0.1) is 22.7 Å². The zero-order chi connectivity index (χ0) is 79.6. The van der Waals surface area contributed by atoms with Gasteiger partial charge in [0.05, 0.1) is 0 Å². The number of fused-ring (bicyclic) bond motifs is 15. The molecule has 17 aromatic carbocycles. The third kappa shape index (κ3) is 14.7. The maximum atomic E-state index is 6.46. The molecule has 0 N–H and O–H groups in total. The summed E-state index contributed by atoms with van der Waals surface area (Å²) < 4.78 is 24.7. The summed E-state index contributed by atoms with van der Waals surface area (Å²) in [6.45, 7) is 10.7. The van der Waals surface area contributed by atoms with E-state index in [0.29, 0.717) is 5.92 Å². The Morgan fingerprint density at radius 3 is 1.09 bits per heavy atom. The van der Waals surface area contributed by atoms with Crippen molar-refractivity contribution >= 4 is 129 Å². The highest BCUT2D eigenvalue weighted by Crippen LogP contribution is 2.48. The molecule has 0 bridgehead atoms. The molecule has 5 aromatic heterocycles. The summed E-state index contributed by atoms with van der Waals surface area (Å²) in [7, 11) is 0. The van der Waals surface area contributed by atoms with Crippen LogP contribution in [0.3, 0.4) is 0 Å². The Labute approximate surface area is 697 Å². The first kappa shape index (κ1) is 74.7. The topological polar surface area (TPSA) is 39.4 Å². The van der Waals surface area contributed by atoms with Crippen LogP contribution in [0.4, 0.5) is 0 Å². The lowest BCUT2D eigenvalue weighted by atomic mass is 9.83. The van der Waals surface area contributed by atoms with Crippen LogP contribution in [0.1, 0.15) is 71.4 Å². The molecule has 1 fully saturated rings. The maximum Gasteiger partial charge on any atom is 0.143 e. The van der Waals surface area contributed by atoms with E-state index in [9.17, 15) is 0 Å². The highest BCUT2D eigenvalue weighted by atomic mass is 32.1. The standard InChI is InChI=1S/2C25H18O.C25H18S.C19H20O.C19H14S/c1-17-8-5-11-19(16-17)21-13-7-15-23-22-14-6-12-20(24(22)26-25(21)23)18-9-3-2-4-10-18;2*1-17-13-15-19(16-14-17)21-10-6-12-23-22-11-5-9-20(24(22)26-25(21)23)18-7-3-2-4-8-18;1-13-7-5-11-16-17-12-6-10-15(19(17)20-18(13)16)14-8-3-2-4-9-14;1-13-7-2-3-8-14(13)15-10-6-12-18-19(15)16-9-4-5-11-17(16)20-18/h3*2-16H,1H3;5-7,10-12,14H,2-4,8-9H2,1H3;2-12H,1H3. The lowest BCUT2D eigenvalue weighted by Gasteiger charge is -2.21. The van der Waals surface area contributed by atoms with Gasteiger partial charge in [-0.05, 0) is 138 Å². The summed E-state index contributed by atoms with van der Waals surface area (Å²) in [5.74, 6) is 0.688. The Hall–Kier alpha value is -13.4. The van der Waals surface area contributed by atoms with Gasteiger partial charge < -0.3 is 13.3 Å². The second-order valence-electron chi connectivity index (χ2n) is 31.3. The van der Waals surface area contributed by atoms with Crippen LogP contribution in [0, 0.1) is 34.6 Å². The highest BCUT2D eigenvalue weighted by Gasteiger charge is 2.23. The van der Waals surface area contributed by atoms with E-state index < -0.39 is 0 Å². The van der Waals surface area contributed by atoms with Crippen LogP contribution in [0.25, 0.3) is 184 Å². The molecule has 23 rings (SSSR count). The first-order valence-corrected chi connectivity index (χ1v) is 42.8. The molecule has 0 amide bonds. The quantitative estimate of drug-likeness (QED) is 0.152. The molecular weight excluding hydrogens is 1470 g/mol. The molecule has 0 aliphatic heterocycles. The second kappa shape index (κ2) is 33.1. The Morgan fingerprint density at radius 2 is 0.568 bits per heavy atom. The molecule has 1 aliphatic rings. The molecule has 0 unspecified atom stereocenters. The summed E-state index contributed by atoms with van der Waals surface area (Å²) in [6, 6.07) is 134. The average molecular weight is 1560 g/mol. The fourth-order valence-corrected chi connectivity index (χ4v) is 20.1. The van der Waals surface area contributed by atoms with E-state index in [4.69, 9.17) is 13.3 Å². The molecule has 0 saturated heterocycles. The van der Waals surface area contributed by atoms with Crippen molar-refractivity contribution in [1.82, 2.24) is 0 Å². The third-order valence-corrected chi connectivity index (χ3v) is 25.9. The molecule has 1 saturated carbocycles. The number of aryl methyl sites for hydroxylation is 5. The van der Waals surface area contributed by atoms with E-state index in [1.807, 2.05) is 34.8 Å². The van der Waals surface area contributed by atoms with Crippen LogP contribution in [0.5, 0.6) is 0 Å². The number of para-hydroxylation sites is 6. The van der Waals surface area contributed by atoms with E-state index in [0.717, 1.165) is 77.3 Å². The molecule has 570 valence electrons. The van der Waals surface area contributed by atoms with Crippen molar-refractivity contribution in [1.29, 1.82) is 0 Å². The largest absolute Gasteiger partial charge is 0.455 e. The Bertz CT molecular complexity index is 7170. The van der Waals surface area contributed by atoms with Gasteiger partial charge in [-0.25, -0.2) is 0 Å². The molecule has 0 spiro atoms. The Morgan fingerprint density at radius 1 is 0.220 bits per heavy atom. The zero-order valence-corrected chi connectivity index (χ0v) is 68.6. The molecule has 5 heteroatoms. The minimum absolute atomic E-state index is 0.688. The van der Waals surface area contributed by atoms with Crippen molar-refractivity contribution in [2.75, 3.05) is 0 Å². The first-order valence-electron chi connectivity index (χ1n) is 41.2. The highest BCUT2D eigenvalue weighted by molar-refractivity contribution is 7.27. The van der Waals surface area contributed by atoms with Crippen molar-refractivity contribution < 1.29 is 13.3 Å². The monoisotopic (exact) mass is 1560 g/mol. The molecular formula is C113H88O3S2. The SMILES string of the molecule is Cc1ccc(-c2cccc3c2oc2c(-c4ccccc4)cccc23)cc1.Cc1ccc(-c2cccc3c2sc2c(-c4ccccc4)cccc23)cc1.Cc1cccc(-c2cccc3c2oc2c(-c4ccccc4)cccc23)c1.Cc1cccc2c1oc1c(C3CCCCC3)cccc12.Cc1ccccc1-c1cccc2sc3ccccc3c12. The van der Waals surface area contributed by atoms with Gasteiger partial charge in [0.25, 0.3) is 0 Å². The normalized spacial score (nSPS) is 12.2. The molecule has 1 aliphatic carbocycles. The Kier molecular flexibility index (Phi) is 20.9. The molecule has 3 nitrogen and oxygen atoms in total. The molecule has 22 aromatic rings. The van der Waals surface area contributed by atoms with Crippen molar-refractivity contribution in [2.45, 2.75) is 72.6 Å². The Balaban J connectivity index is 0.0000000984. The fraction of sp³-hybridized carbons (Fsp3) is 0.0973. The predicted octanol–water partition coefficient (Wildman–Crippen LogP) is 34.1. The number of hydrogen-bond donors (Lipinski definition) is 0. The van der Waals surface area contributed by atoms with E-state index >= 15 is 0 Å². The molecule has 0 atom stereocenters. The van der Waals surface area contributed by atoms with Crippen LogP contribution in [-0.2, 0) is 0 Å².